The van der Waals surface area contributed by atoms with Gasteiger partial charge in [-0.15, -0.1) is 0 Å². The molecule has 0 radical (unpaired) electrons. The Morgan fingerprint density at radius 2 is 2.16 bits per heavy atom. The van der Waals surface area contributed by atoms with Gasteiger partial charge in [0.25, 0.3) is 5.91 Å². The molecule has 1 aromatic heterocycles. The molecule has 3 aliphatic rings. The number of amides is 1. The third kappa shape index (κ3) is 4.44. The van der Waals surface area contributed by atoms with Crippen molar-refractivity contribution in [1.82, 2.24) is 15.0 Å². The van der Waals surface area contributed by atoms with E-state index in [4.69, 9.17) is 9.47 Å². The predicted octanol–water partition coefficient (Wildman–Crippen LogP) is 4.51. The molecule has 1 aromatic carbocycles. The SMILES string of the molecule is CCOc1ccc2ncc3c(c2c1)CC(C1CCC(NC(=O)C2=CC=CNS2)CC1)CO3. The van der Waals surface area contributed by atoms with Crippen molar-refractivity contribution in [2.45, 2.75) is 45.1 Å². The van der Waals surface area contributed by atoms with Gasteiger partial charge in [-0.2, -0.15) is 0 Å². The molecule has 1 saturated carbocycles. The lowest BCUT2D eigenvalue weighted by molar-refractivity contribution is -0.117. The molecule has 32 heavy (non-hydrogen) atoms. The number of allylic oxidation sites excluding steroid dienone is 2. The first-order chi connectivity index (χ1) is 15.7. The van der Waals surface area contributed by atoms with Gasteiger partial charge in [-0.25, -0.2) is 0 Å². The van der Waals surface area contributed by atoms with E-state index < -0.39 is 0 Å². The molecular formula is C25H29N3O3S. The van der Waals surface area contributed by atoms with Crippen molar-refractivity contribution in [1.29, 1.82) is 0 Å². The van der Waals surface area contributed by atoms with Crippen LogP contribution in [0.2, 0.25) is 0 Å². The third-order valence-electron chi connectivity index (χ3n) is 6.72. The maximum Gasteiger partial charge on any atom is 0.259 e. The van der Waals surface area contributed by atoms with E-state index in [2.05, 4.69) is 21.1 Å². The number of fused-ring (bicyclic) bond motifs is 3. The van der Waals surface area contributed by atoms with Crippen LogP contribution in [-0.2, 0) is 11.2 Å². The Morgan fingerprint density at radius 3 is 2.94 bits per heavy atom. The average Bonchev–Trinajstić information content (AvgIpc) is 2.85. The number of aromatic nitrogens is 1. The third-order valence-corrected chi connectivity index (χ3v) is 7.52. The Hall–Kier alpha value is -2.67. The molecule has 2 aliphatic heterocycles. The monoisotopic (exact) mass is 451 g/mol. The van der Waals surface area contributed by atoms with Crippen LogP contribution in [0.3, 0.4) is 0 Å². The van der Waals surface area contributed by atoms with Crippen molar-refractivity contribution in [3.8, 4) is 11.5 Å². The van der Waals surface area contributed by atoms with E-state index in [1.807, 2.05) is 43.6 Å². The van der Waals surface area contributed by atoms with Gasteiger partial charge in [0, 0.05) is 29.1 Å². The highest BCUT2D eigenvalue weighted by Gasteiger charge is 2.32. The standard InChI is InChI=1S/C25H29N3O3S/c1-2-30-19-9-10-22-20(13-19)21-12-17(15-31-23(21)14-26-22)16-5-7-18(8-6-16)28-25(29)24-4-3-11-27-32-24/h3-4,9-11,13-14,16-18,27H,2,5-8,12,15H2,1H3,(H,28,29). The minimum Gasteiger partial charge on any atom is -0.494 e. The van der Waals surface area contributed by atoms with Crippen LogP contribution in [0.1, 0.15) is 38.2 Å². The van der Waals surface area contributed by atoms with Gasteiger partial charge in [-0.05, 0) is 87.2 Å². The number of hydrogen-bond acceptors (Lipinski definition) is 6. The molecule has 0 saturated heterocycles. The zero-order valence-electron chi connectivity index (χ0n) is 18.3. The van der Waals surface area contributed by atoms with Gasteiger partial charge in [-0.3, -0.25) is 9.78 Å². The van der Waals surface area contributed by atoms with Crippen molar-refractivity contribution >= 4 is 28.8 Å². The molecule has 2 N–H and O–H groups in total. The molecule has 168 valence electrons. The summed E-state index contributed by atoms with van der Waals surface area (Å²) in [6.07, 6.45) is 12.7. The van der Waals surface area contributed by atoms with Gasteiger partial charge in [0.1, 0.15) is 11.5 Å². The molecule has 5 rings (SSSR count). The zero-order chi connectivity index (χ0) is 21.9. The van der Waals surface area contributed by atoms with E-state index in [9.17, 15) is 4.79 Å². The van der Waals surface area contributed by atoms with Crippen LogP contribution in [0.5, 0.6) is 11.5 Å². The number of rotatable bonds is 5. The summed E-state index contributed by atoms with van der Waals surface area (Å²) in [7, 11) is 0. The van der Waals surface area contributed by atoms with E-state index in [1.165, 1.54) is 17.5 Å². The van der Waals surface area contributed by atoms with Crippen molar-refractivity contribution in [3.63, 3.8) is 0 Å². The molecule has 0 bridgehead atoms. The van der Waals surface area contributed by atoms with E-state index in [0.29, 0.717) is 18.4 Å². The average molecular weight is 452 g/mol. The smallest absolute Gasteiger partial charge is 0.259 e. The highest BCUT2D eigenvalue weighted by atomic mass is 32.2. The Bertz CT molecular complexity index is 1060. The quantitative estimate of drug-likeness (QED) is 0.652. The summed E-state index contributed by atoms with van der Waals surface area (Å²) in [6, 6.07) is 6.37. The highest BCUT2D eigenvalue weighted by Crippen LogP contribution is 2.40. The van der Waals surface area contributed by atoms with Gasteiger partial charge in [0.15, 0.2) is 0 Å². The number of nitrogens with zero attached hydrogens (tertiary/aromatic N) is 1. The second-order valence-corrected chi connectivity index (χ2v) is 9.56. The van der Waals surface area contributed by atoms with Crippen LogP contribution in [0.25, 0.3) is 10.9 Å². The molecular weight excluding hydrogens is 422 g/mol. The Morgan fingerprint density at radius 1 is 1.28 bits per heavy atom. The van der Waals surface area contributed by atoms with Gasteiger partial charge < -0.3 is 19.5 Å². The summed E-state index contributed by atoms with van der Waals surface area (Å²) in [5.41, 5.74) is 2.24. The topological polar surface area (TPSA) is 72.5 Å². The van der Waals surface area contributed by atoms with Gasteiger partial charge in [0.2, 0.25) is 0 Å². The normalized spacial score (nSPS) is 24.7. The van der Waals surface area contributed by atoms with E-state index in [1.54, 1.807) is 0 Å². The van der Waals surface area contributed by atoms with Crippen molar-refractivity contribution in [2.24, 2.45) is 11.8 Å². The lowest BCUT2D eigenvalue weighted by atomic mass is 9.75. The van der Waals surface area contributed by atoms with Gasteiger partial charge in [-0.1, -0.05) is 0 Å². The second kappa shape index (κ2) is 9.45. The Kier molecular flexibility index (Phi) is 6.26. The van der Waals surface area contributed by atoms with E-state index in [-0.39, 0.29) is 11.9 Å². The molecule has 6 nitrogen and oxygen atoms in total. The molecule has 3 heterocycles. The summed E-state index contributed by atoms with van der Waals surface area (Å²) in [6.45, 7) is 3.39. The summed E-state index contributed by atoms with van der Waals surface area (Å²) >= 11 is 1.36. The number of nitrogens with one attached hydrogen (secondary N) is 2. The first kappa shape index (κ1) is 21.2. The molecule has 1 aliphatic carbocycles. The van der Waals surface area contributed by atoms with Gasteiger partial charge >= 0.3 is 0 Å². The Labute approximate surface area is 193 Å². The largest absolute Gasteiger partial charge is 0.494 e. The minimum atomic E-state index is 0.0225. The first-order valence-corrected chi connectivity index (χ1v) is 12.3. The van der Waals surface area contributed by atoms with Crippen LogP contribution in [0.15, 0.2) is 47.7 Å². The lowest BCUT2D eigenvalue weighted by Gasteiger charge is -2.36. The zero-order valence-corrected chi connectivity index (χ0v) is 19.1. The molecule has 2 aromatic rings. The van der Waals surface area contributed by atoms with Gasteiger partial charge in [0.05, 0.1) is 29.8 Å². The molecule has 0 spiro atoms. The summed E-state index contributed by atoms with van der Waals surface area (Å²) in [4.78, 5) is 17.8. The Balaban J connectivity index is 1.23. The molecule has 7 heteroatoms. The predicted molar refractivity (Wildman–Crippen MR) is 127 cm³/mol. The number of carbonyl (C=O) groups excluding carboxylic acids is 1. The fourth-order valence-corrected chi connectivity index (χ4v) is 5.61. The number of carbonyl (C=O) groups is 1. The van der Waals surface area contributed by atoms with E-state index >= 15 is 0 Å². The molecule has 1 amide bonds. The molecule has 1 fully saturated rings. The van der Waals surface area contributed by atoms with Crippen molar-refractivity contribution in [3.05, 3.63) is 53.2 Å². The fraction of sp³-hybridized carbons (Fsp3) is 0.440. The summed E-state index contributed by atoms with van der Waals surface area (Å²) in [5.74, 6) is 2.91. The van der Waals surface area contributed by atoms with Crippen LogP contribution >= 0.6 is 11.9 Å². The van der Waals surface area contributed by atoms with Crippen LogP contribution in [0.4, 0.5) is 0 Å². The maximum atomic E-state index is 12.5. The number of hydrogen-bond donors (Lipinski definition) is 2. The second-order valence-electron chi connectivity index (χ2n) is 8.68. The molecule has 1 unspecified atom stereocenters. The summed E-state index contributed by atoms with van der Waals surface area (Å²) in [5, 5.41) is 4.35. The fourth-order valence-electron chi connectivity index (χ4n) is 5.04. The molecule has 1 atom stereocenters. The summed E-state index contributed by atoms with van der Waals surface area (Å²) < 4.78 is 14.9. The maximum absolute atomic E-state index is 12.5. The van der Waals surface area contributed by atoms with Crippen LogP contribution in [-0.4, -0.2) is 30.1 Å². The van der Waals surface area contributed by atoms with Crippen LogP contribution in [0, 0.1) is 11.8 Å². The highest BCUT2D eigenvalue weighted by molar-refractivity contribution is 8.02. The number of pyridine rings is 1. The number of ether oxygens (including phenoxy) is 2. The number of benzene rings is 1. The van der Waals surface area contributed by atoms with E-state index in [0.717, 1.165) is 66.0 Å². The van der Waals surface area contributed by atoms with Crippen molar-refractivity contribution < 1.29 is 14.3 Å². The first-order valence-electron chi connectivity index (χ1n) is 11.5. The van der Waals surface area contributed by atoms with Crippen LogP contribution < -0.4 is 19.5 Å². The van der Waals surface area contributed by atoms with Crippen molar-refractivity contribution in [2.75, 3.05) is 13.2 Å². The lowest BCUT2D eigenvalue weighted by Crippen LogP contribution is -2.40. The minimum absolute atomic E-state index is 0.0225.